The van der Waals surface area contributed by atoms with Crippen molar-refractivity contribution in [1.29, 1.82) is 0 Å². The van der Waals surface area contributed by atoms with Crippen LogP contribution in [0.25, 0.3) is 0 Å². The number of hydrogen-bond acceptors (Lipinski definition) is 0. The Labute approximate surface area is 103 Å². The van der Waals surface area contributed by atoms with Crippen LogP contribution in [0.1, 0.15) is 25.3 Å². The van der Waals surface area contributed by atoms with Crippen LogP contribution in [0.15, 0.2) is 30.3 Å². The largest absolute Gasteiger partial charge is 0.251 e. The van der Waals surface area contributed by atoms with Gasteiger partial charge in [-0.05, 0) is 30.5 Å². The highest BCUT2D eigenvalue weighted by atomic mass is 35.7. The molecule has 0 unspecified atom stereocenters. The van der Waals surface area contributed by atoms with E-state index in [1.807, 2.05) is 6.07 Å². The van der Waals surface area contributed by atoms with Gasteiger partial charge in [-0.15, -0.1) is 22.2 Å². The Morgan fingerprint density at radius 3 is 2.33 bits per heavy atom. The Hall–Kier alpha value is 0.0169. The van der Waals surface area contributed by atoms with Gasteiger partial charge in [0, 0.05) is 0 Å². The van der Waals surface area contributed by atoms with Crippen molar-refractivity contribution in [2.75, 3.05) is 0 Å². The van der Waals surface area contributed by atoms with E-state index >= 15 is 0 Å². The zero-order valence-electron chi connectivity index (χ0n) is 9.18. The molecule has 0 fully saturated rings. The van der Waals surface area contributed by atoms with Crippen LogP contribution in [0.4, 0.5) is 0 Å². The summed E-state index contributed by atoms with van der Waals surface area (Å²) in [5.41, 5.74) is 1.38. The van der Waals surface area contributed by atoms with Crippen LogP contribution in [0.5, 0.6) is 0 Å². The highest BCUT2D eigenvalue weighted by molar-refractivity contribution is 7.45. The van der Waals surface area contributed by atoms with E-state index < -0.39 is 6.69 Å². The monoisotopic (exact) mass is 260 g/mol. The zero-order chi connectivity index (χ0) is 11.1. The molecule has 0 aliphatic heterocycles. The van der Waals surface area contributed by atoms with Gasteiger partial charge in [-0.25, -0.2) is 0 Å². The molecule has 0 amide bonds. The summed E-state index contributed by atoms with van der Waals surface area (Å²) in [4.78, 5) is 0. The number of halogens is 2. The van der Waals surface area contributed by atoms with Crippen molar-refractivity contribution in [2.45, 2.75) is 38.3 Å². The average molecular weight is 261 g/mol. The average Bonchev–Trinajstić information content (AvgIpc) is 2.19. The van der Waals surface area contributed by atoms with Crippen LogP contribution in [0.3, 0.4) is 0 Å². The minimum Gasteiger partial charge on any atom is -0.146 e. The van der Waals surface area contributed by atoms with Crippen LogP contribution >= 0.6 is 22.2 Å². The highest BCUT2D eigenvalue weighted by Gasteiger charge is 2.25. The summed E-state index contributed by atoms with van der Waals surface area (Å²) in [6.07, 6.45) is 3.31. The molecule has 0 N–H and O–H groups in total. The molecule has 0 nitrogen and oxygen atoms in total. The van der Waals surface area contributed by atoms with Crippen molar-refractivity contribution in [3.8, 4) is 0 Å². The maximum absolute atomic E-state index is 6.31. The molecule has 0 saturated carbocycles. The zero-order valence-corrected chi connectivity index (χ0v) is 11.7. The molecule has 1 rings (SSSR count). The first kappa shape index (κ1) is 13.1. The van der Waals surface area contributed by atoms with Crippen molar-refractivity contribution in [3.63, 3.8) is 0 Å². The quantitative estimate of drug-likeness (QED) is 0.502. The first-order chi connectivity index (χ1) is 7.14. The van der Waals surface area contributed by atoms with E-state index in [1.165, 1.54) is 5.56 Å². The van der Waals surface area contributed by atoms with E-state index in [-0.39, 0.29) is 0 Å². The lowest BCUT2D eigenvalue weighted by Gasteiger charge is -2.14. The Kier molecular flexibility index (Phi) is 5.73. The SMILES string of the molecule is CCC[Si](Cl)(Cl)CCCc1ccccc1. The molecule has 1 aromatic rings. The Morgan fingerprint density at radius 1 is 1.07 bits per heavy atom. The molecule has 0 aromatic heterocycles. The summed E-state index contributed by atoms with van der Waals surface area (Å²) in [5.74, 6) is 0. The number of benzene rings is 1. The molecule has 3 heteroatoms. The molecule has 0 atom stereocenters. The third kappa shape index (κ3) is 5.60. The van der Waals surface area contributed by atoms with Crippen molar-refractivity contribution < 1.29 is 0 Å². The lowest BCUT2D eigenvalue weighted by molar-refractivity contribution is 0.901. The summed E-state index contributed by atoms with van der Waals surface area (Å²) in [7, 11) is 0. The molecule has 0 heterocycles. The van der Waals surface area contributed by atoms with E-state index in [0.29, 0.717) is 0 Å². The van der Waals surface area contributed by atoms with Gasteiger partial charge in [0.2, 0.25) is 0 Å². The van der Waals surface area contributed by atoms with Crippen molar-refractivity contribution in [3.05, 3.63) is 35.9 Å². The second-order valence-electron chi connectivity index (χ2n) is 3.95. The van der Waals surface area contributed by atoms with Gasteiger partial charge >= 0.3 is 0 Å². The minimum atomic E-state index is -1.91. The highest BCUT2D eigenvalue weighted by Crippen LogP contribution is 2.28. The molecule has 0 aliphatic rings. The van der Waals surface area contributed by atoms with Crippen molar-refractivity contribution in [2.24, 2.45) is 0 Å². The molecule has 0 bridgehead atoms. The first-order valence-corrected chi connectivity index (χ1v) is 9.99. The summed E-state index contributed by atoms with van der Waals surface area (Å²) >= 11 is 12.6. The van der Waals surface area contributed by atoms with Gasteiger partial charge in [0.05, 0.1) is 0 Å². The van der Waals surface area contributed by atoms with Gasteiger partial charge in [-0.2, -0.15) is 0 Å². The van der Waals surface area contributed by atoms with E-state index in [9.17, 15) is 0 Å². The fourth-order valence-corrected chi connectivity index (χ4v) is 5.30. The molecular weight excluding hydrogens is 243 g/mol. The molecule has 1 aromatic carbocycles. The van der Waals surface area contributed by atoms with Crippen molar-refractivity contribution in [1.82, 2.24) is 0 Å². The fraction of sp³-hybridized carbons (Fsp3) is 0.500. The molecule has 0 aliphatic carbocycles. The third-order valence-corrected chi connectivity index (χ3v) is 7.05. The minimum absolute atomic E-state index is 1.01. The Morgan fingerprint density at radius 2 is 1.73 bits per heavy atom. The summed E-state index contributed by atoms with van der Waals surface area (Å²) in [6, 6.07) is 12.5. The summed E-state index contributed by atoms with van der Waals surface area (Å²) in [5, 5.41) is 0. The van der Waals surface area contributed by atoms with E-state index in [4.69, 9.17) is 22.2 Å². The maximum atomic E-state index is 6.31. The van der Waals surface area contributed by atoms with Crippen LogP contribution in [-0.4, -0.2) is 6.69 Å². The maximum Gasteiger partial charge on any atom is 0.251 e. The summed E-state index contributed by atoms with van der Waals surface area (Å²) in [6.45, 7) is 0.230. The standard InChI is InChI=1S/C12H18Cl2Si/c1-2-10-15(13,14)11-6-9-12-7-4-3-5-8-12/h3-5,7-8H,2,6,9-11H2,1H3. The van der Waals surface area contributed by atoms with E-state index in [0.717, 1.165) is 31.4 Å². The topological polar surface area (TPSA) is 0 Å². The Bertz CT molecular complexity index is 272. The second kappa shape index (κ2) is 6.57. The number of rotatable bonds is 6. The van der Waals surface area contributed by atoms with Crippen molar-refractivity contribution >= 4 is 28.9 Å². The predicted octanol–water partition coefficient (Wildman–Crippen LogP) is 4.95. The molecule has 15 heavy (non-hydrogen) atoms. The molecule has 0 spiro atoms. The van der Waals surface area contributed by atoms with Gasteiger partial charge in [-0.3, -0.25) is 0 Å². The van der Waals surface area contributed by atoms with Gasteiger partial charge < -0.3 is 0 Å². The Balaban J connectivity index is 2.27. The summed E-state index contributed by atoms with van der Waals surface area (Å²) < 4.78 is 0. The first-order valence-electron chi connectivity index (χ1n) is 5.56. The van der Waals surface area contributed by atoms with E-state index in [1.54, 1.807) is 0 Å². The molecule has 0 radical (unpaired) electrons. The normalized spacial score (nSPS) is 11.7. The van der Waals surface area contributed by atoms with Crippen LogP contribution in [0.2, 0.25) is 12.1 Å². The smallest absolute Gasteiger partial charge is 0.146 e. The predicted molar refractivity (Wildman–Crippen MR) is 72.1 cm³/mol. The molecular formula is C12H18Cl2Si. The number of hydrogen-bond donors (Lipinski definition) is 0. The fourth-order valence-electron chi connectivity index (χ4n) is 1.69. The second-order valence-corrected chi connectivity index (χ2v) is 11.6. The van der Waals surface area contributed by atoms with Crippen LogP contribution in [0, 0.1) is 0 Å². The molecule has 84 valence electrons. The van der Waals surface area contributed by atoms with Gasteiger partial charge in [0.15, 0.2) is 0 Å². The van der Waals surface area contributed by atoms with E-state index in [2.05, 4.69) is 31.2 Å². The van der Waals surface area contributed by atoms with Crippen LogP contribution < -0.4 is 0 Å². The van der Waals surface area contributed by atoms with Gasteiger partial charge in [0.25, 0.3) is 6.69 Å². The van der Waals surface area contributed by atoms with Gasteiger partial charge in [-0.1, -0.05) is 43.7 Å². The van der Waals surface area contributed by atoms with Crippen LogP contribution in [-0.2, 0) is 6.42 Å². The lowest BCUT2D eigenvalue weighted by Crippen LogP contribution is -2.17. The van der Waals surface area contributed by atoms with Gasteiger partial charge in [0.1, 0.15) is 0 Å². The molecule has 0 saturated heterocycles. The lowest BCUT2D eigenvalue weighted by atomic mass is 10.1. The third-order valence-electron chi connectivity index (χ3n) is 2.47. The number of aryl methyl sites for hydroxylation is 1.